The van der Waals surface area contributed by atoms with Crippen molar-refractivity contribution in [2.45, 2.75) is 27.2 Å². The number of carbonyl (C=O) groups is 2. The number of nitrogens with zero attached hydrogens (tertiary/aromatic N) is 3. The maximum absolute atomic E-state index is 13.8. The van der Waals surface area contributed by atoms with Crippen LogP contribution in [0.2, 0.25) is 0 Å². The van der Waals surface area contributed by atoms with E-state index in [1.165, 1.54) is 11.1 Å². The normalized spacial score (nSPS) is 13.4. The molecule has 0 bridgehead atoms. The van der Waals surface area contributed by atoms with Gasteiger partial charge in [-0.2, -0.15) is 0 Å². The minimum atomic E-state index is -0.00692. The Morgan fingerprint density at radius 3 is 1.92 bits per heavy atom. The number of ether oxygens (including phenoxy) is 1. The number of amides is 2. The summed E-state index contributed by atoms with van der Waals surface area (Å²) in [4.78, 5) is 30.6. The van der Waals surface area contributed by atoms with Crippen molar-refractivity contribution in [3.05, 3.63) is 107 Å². The van der Waals surface area contributed by atoms with E-state index in [0.717, 1.165) is 34.8 Å². The van der Waals surface area contributed by atoms with Gasteiger partial charge < -0.3 is 19.1 Å². The number of hydrogen-bond donors (Lipinski definition) is 0. The molecule has 39 heavy (non-hydrogen) atoms. The lowest BCUT2D eigenvalue weighted by atomic mass is 10.1. The molecule has 1 aromatic heterocycles. The third-order valence-corrected chi connectivity index (χ3v) is 7.62. The molecular formula is C33H35N3O3. The minimum Gasteiger partial charge on any atom is -0.497 e. The van der Waals surface area contributed by atoms with Crippen molar-refractivity contribution in [1.29, 1.82) is 0 Å². The van der Waals surface area contributed by atoms with E-state index in [2.05, 4.69) is 42.7 Å². The van der Waals surface area contributed by atoms with Crippen molar-refractivity contribution in [3.8, 4) is 22.7 Å². The largest absolute Gasteiger partial charge is 0.497 e. The van der Waals surface area contributed by atoms with Crippen molar-refractivity contribution in [3.63, 3.8) is 0 Å². The summed E-state index contributed by atoms with van der Waals surface area (Å²) in [5.74, 6) is 0.801. The Morgan fingerprint density at radius 2 is 1.36 bits per heavy atom. The Kier molecular flexibility index (Phi) is 7.55. The number of benzene rings is 3. The van der Waals surface area contributed by atoms with E-state index < -0.39 is 0 Å². The summed E-state index contributed by atoms with van der Waals surface area (Å²) in [7, 11) is 1.65. The van der Waals surface area contributed by atoms with Crippen molar-refractivity contribution in [2.75, 3.05) is 33.3 Å². The monoisotopic (exact) mass is 521 g/mol. The first-order chi connectivity index (χ1) is 18.9. The van der Waals surface area contributed by atoms with Crippen LogP contribution in [-0.4, -0.2) is 59.5 Å². The standard InChI is InChI=1S/C33H35N3O3/c1-5-25-8-10-27(11-9-25)32(37)34-18-20-35(21-19-34)33(38)30-22-31(26-12-16-29(39-4)17-13-26)36(24(30)3)28-14-6-23(2)7-15-28/h6-17,22H,5,18-21H2,1-4H3. The highest BCUT2D eigenvalue weighted by molar-refractivity contribution is 5.98. The van der Waals surface area contributed by atoms with Gasteiger partial charge in [-0.1, -0.05) is 36.8 Å². The minimum absolute atomic E-state index is 0.00692. The first-order valence-electron chi connectivity index (χ1n) is 13.5. The van der Waals surface area contributed by atoms with E-state index in [1.807, 2.05) is 71.3 Å². The van der Waals surface area contributed by atoms with Crippen LogP contribution in [0, 0.1) is 13.8 Å². The molecule has 1 aliphatic rings. The molecular weight excluding hydrogens is 486 g/mol. The van der Waals surface area contributed by atoms with Crippen molar-refractivity contribution in [1.82, 2.24) is 14.4 Å². The van der Waals surface area contributed by atoms with Gasteiger partial charge in [-0.15, -0.1) is 0 Å². The molecule has 6 heteroatoms. The number of hydrogen-bond acceptors (Lipinski definition) is 3. The molecule has 1 saturated heterocycles. The predicted molar refractivity (Wildman–Crippen MR) is 155 cm³/mol. The van der Waals surface area contributed by atoms with Crippen LogP contribution in [0.1, 0.15) is 44.5 Å². The molecule has 0 radical (unpaired) electrons. The van der Waals surface area contributed by atoms with Crippen molar-refractivity contribution < 1.29 is 14.3 Å². The van der Waals surface area contributed by atoms with Gasteiger partial charge in [0.15, 0.2) is 0 Å². The first kappa shape index (κ1) is 26.3. The number of aromatic nitrogens is 1. The molecule has 0 atom stereocenters. The SMILES string of the molecule is CCc1ccc(C(=O)N2CCN(C(=O)c3cc(-c4ccc(OC)cc4)n(-c4ccc(C)cc4)c3C)CC2)cc1. The summed E-state index contributed by atoms with van der Waals surface area (Å²) in [5.41, 5.74) is 7.62. The molecule has 200 valence electrons. The maximum atomic E-state index is 13.8. The second-order valence-corrected chi connectivity index (χ2v) is 10.1. The Morgan fingerprint density at radius 1 is 0.769 bits per heavy atom. The molecule has 5 rings (SSSR count). The van der Waals surface area contributed by atoms with E-state index in [0.29, 0.717) is 37.3 Å². The number of methoxy groups -OCH3 is 1. The Labute approximate surface area is 230 Å². The molecule has 0 saturated carbocycles. The number of aryl methyl sites for hydroxylation is 2. The zero-order valence-electron chi connectivity index (χ0n) is 23.1. The van der Waals surface area contributed by atoms with Crippen LogP contribution in [0.3, 0.4) is 0 Å². The number of piperazine rings is 1. The molecule has 0 aliphatic carbocycles. The Balaban J connectivity index is 1.39. The van der Waals surface area contributed by atoms with Gasteiger partial charge in [0.25, 0.3) is 11.8 Å². The van der Waals surface area contributed by atoms with Crippen molar-refractivity contribution >= 4 is 11.8 Å². The van der Waals surface area contributed by atoms with E-state index in [1.54, 1.807) is 7.11 Å². The molecule has 1 aliphatic heterocycles. The number of rotatable bonds is 6. The zero-order chi connectivity index (χ0) is 27.5. The summed E-state index contributed by atoms with van der Waals surface area (Å²) in [6.07, 6.45) is 0.945. The molecule has 4 aromatic rings. The molecule has 2 heterocycles. The van der Waals surface area contributed by atoms with Gasteiger partial charge in [-0.3, -0.25) is 9.59 Å². The van der Waals surface area contributed by atoms with Gasteiger partial charge in [-0.05, 0) is 86.0 Å². The lowest BCUT2D eigenvalue weighted by Gasteiger charge is -2.35. The van der Waals surface area contributed by atoms with Gasteiger partial charge in [0.2, 0.25) is 0 Å². The lowest BCUT2D eigenvalue weighted by Crippen LogP contribution is -2.50. The van der Waals surface area contributed by atoms with Gasteiger partial charge in [0, 0.05) is 43.1 Å². The summed E-state index contributed by atoms with van der Waals surface area (Å²) >= 11 is 0. The average molecular weight is 522 g/mol. The highest BCUT2D eigenvalue weighted by Crippen LogP contribution is 2.31. The fourth-order valence-electron chi connectivity index (χ4n) is 5.17. The third-order valence-electron chi connectivity index (χ3n) is 7.62. The van der Waals surface area contributed by atoms with Gasteiger partial charge in [0.1, 0.15) is 5.75 Å². The van der Waals surface area contributed by atoms with E-state index in [4.69, 9.17) is 4.74 Å². The summed E-state index contributed by atoms with van der Waals surface area (Å²) in [5, 5.41) is 0. The fourth-order valence-corrected chi connectivity index (χ4v) is 5.17. The molecule has 1 fully saturated rings. The highest BCUT2D eigenvalue weighted by Gasteiger charge is 2.28. The molecule has 2 amide bonds. The third kappa shape index (κ3) is 5.32. The second-order valence-electron chi connectivity index (χ2n) is 10.1. The predicted octanol–water partition coefficient (Wildman–Crippen LogP) is 5.93. The van der Waals surface area contributed by atoms with Crippen LogP contribution >= 0.6 is 0 Å². The average Bonchev–Trinajstić information content (AvgIpc) is 3.33. The molecule has 0 spiro atoms. The summed E-state index contributed by atoms with van der Waals surface area (Å²) in [6.45, 7) is 8.21. The smallest absolute Gasteiger partial charge is 0.255 e. The van der Waals surface area contributed by atoms with Crippen LogP contribution in [0.4, 0.5) is 0 Å². The quantitative estimate of drug-likeness (QED) is 0.316. The van der Waals surface area contributed by atoms with Crippen LogP contribution in [0.25, 0.3) is 16.9 Å². The number of carbonyl (C=O) groups excluding carboxylic acids is 2. The highest BCUT2D eigenvalue weighted by atomic mass is 16.5. The van der Waals surface area contributed by atoms with Gasteiger partial charge in [0.05, 0.1) is 18.4 Å². The maximum Gasteiger partial charge on any atom is 0.255 e. The Bertz CT molecular complexity index is 1460. The molecule has 6 nitrogen and oxygen atoms in total. The molecule has 3 aromatic carbocycles. The van der Waals surface area contributed by atoms with Crippen LogP contribution < -0.4 is 4.74 Å². The van der Waals surface area contributed by atoms with E-state index in [9.17, 15) is 9.59 Å². The second kappa shape index (κ2) is 11.2. The molecule has 0 unspecified atom stereocenters. The Hall–Kier alpha value is -4.32. The molecule has 0 N–H and O–H groups in total. The summed E-state index contributed by atoms with van der Waals surface area (Å²) in [6, 6.07) is 26.1. The van der Waals surface area contributed by atoms with E-state index >= 15 is 0 Å². The van der Waals surface area contributed by atoms with Crippen molar-refractivity contribution in [2.24, 2.45) is 0 Å². The topological polar surface area (TPSA) is 54.8 Å². The van der Waals surface area contributed by atoms with Crippen LogP contribution in [-0.2, 0) is 6.42 Å². The zero-order valence-corrected chi connectivity index (χ0v) is 23.1. The van der Waals surface area contributed by atoms with Gasteiger partial charge >= 0.3 is 0 Å². The first-order valence-corrected chi connectivity index (χ1v) is 13.5. The van der Waals surface area contributed by atoms with E-state index in [-0.39, 0.29) is 11.8 Å². The lowest BCUT2D eigenvalue weighted by molar-refractivity contribution is 0.0535. The van der Waals surface area contributed by atoms with Crippen LogP contribution in [0.15, 0.2) is 78.9 Å². The summed E-state index contributed by atoms with van der Waals surface area (Å²) < 4.78 is 7.50. The van der Waals surface area contributed by atoms with Gasteiger partial charge in [-0.25, -0.2) is 0 Å². The van der Waals surface area contributed by atoms with Crippen LogP contribution in [0.5, 0.6) is 5.75 Å². The fraction of sp³-hybridized carbons (Fsp3) is 0.273.